The van der Waals surface area contributed by atoms with Crippen molar-refractivity contribution in [2.24, 2.45) is 0 Å². The van der Waals surface area contributed by atoms with Crippen LogP contribution in [-0.4, -0.2) is 40.5 Å². The van der Waals surface area contributed by atoms with Crippen molar-refractivity contribution in [3.05, 3.63) is 29.8 Å². The minimum atomic E-state index is -1.38. The van der Waals surface area contributed by atoms with E-state index in [2.05, 4.69) is 5.32 Å². The van der Waals surface area contributed by atoms with Gasteiger partial charge in [0.05, 0.1) is 12.4 Å². The van der Waals surface area contributed by atoms with E-state index in [9.17, 15) is 18.4 Å². The Labute approximate surface area is 111 Å². The smallest absolute Gasteiger partial charge is 0.328 e. The molecule has 0 aliphatic heterocycles. The first-order valence-electron chi connectivity index (χ1n) is 5.15. The van der Waals surface area contributed by atoms with Gasteiger partial charge in [-0.05, 0) is 18.2 Å². The zero-order valence-electron chi connectivity index (χ0n) is 9.60. The predicted molar refractivity (Wildman–Crippen MR) is 63.7 cm³/mol. The van der Waals surface area contributed by atoms with Crippen molar-refractivity contribution in [2.75, 3.05) is 12.4 Å². The third-order valence-electron chi connectivity index (χ3n) is 2.08. The molecule has 0 bridgehead atoms. The lowest BCUT2D eigenvalue weighted by Gasteiger charge is -2.11. The SMILES string of the molecule is O=C(CSc1ccc(F)c(F)c1)N[C@@H](CO)C(=O)O. The van der Waals surface area contributed by atoms with E-state index in [1.807, 2.05) is 0 Å². The molecular weight excluding hydrogens is 280 g/mol. The standard InChI is InChI=1S/C11H11F2NO4S/c12-7-2-1-6(3-8(7)13)19-5-10(16)14-9(4-15)11(17)18/h1-3,9,15H,4-5H2,(H,14,16)(H,17,18)/t9-/m0/s1. The Morgan fingerprint density at radius 3 is 2.53 bits per heavy atom. The van der Waals surface area contributed by atoms with Gasteiger partial charge in [-0.25, -0.2) is 13.6 Å². The number of aliphatic carboxylic acids is 1. The van der Waals surface area contributed by atoms with E-state index < -0.39 is 36.2 Å². The van der Waals surface area contributed by atoms with Crippen LogP contribution in [0.1, 0.15) is 0 Å². The minimum absolute atomic E-state index is 0.172. The lowest BCUT2D eigenvalue weighted by atomic mass is 10.3. The van der Waals surface area contributed by atoms with E-state index in [0.717, 1.165) is 23.9 Å². The molecule has 3 N–H and O–H groups in total. The fourth-order valence-electron chi connectivity index (χ4n) is 1.14. The van der Waals surface area contributed by atoms with Crippen LogP contribution in [-0.2, 0) is 9.59 Å². The maximum atomic E-state index is 12.9. The number of thioether (sulfide) groups is 1. The topological polar surface area (TPSA) is 86.6 Å². The van der Waals surface area contributed by atoms with Gasteiger partial charge in [-0.3, -0.25) is 4.79 Å². The van der Waals surface area contributed by atoms with E-state index in [4.69, 9.17) is 10.2 Å². The van der Waals surface area contributed by atoms with Gasteiger partial charge >= 0.3 is 5.97 Å². The Morgan fingerprint density at radius 1 is 1.32 bits per heavy atom. The third kappa shape index (κ3) is 4.84. The van der Waals surface area contributed by atoms with Gasteiger partial charge in [0.1, 0.15) is 6.04 Å². The van der Waals surface area contributed by atoms with Crippen LogP contribution in [0.5, 0.6) is 0 Å². The molecule has 0 aliphatic rings. The highest BCUT2D eigenvalue weighted by molar-refractivity contribution is 8.00. The molecule has 8 heteroatoms. The summed E-state index contributed by atoms with van der Waals surface area (Å²) >= 11 is 0.922. The van der Waals surface area contributed by atoms with Gasteiger partial charge in [0.2, 0.25) is 5.91 Å². The van der Waals surface area contributed by atoms with Crippen molar-refractivity contribution in [2.45, 2.75) is 10.9 Å². The number of aliphatic hydroxyl groups excluding tert-OH is 1. The Hall–Kier alpha value is -1.67. The molecule has 1 aromatic rings. The molecule has 1 rings (SSSR count). The number of carboxylic acid groups (broad SMARTS) is 1. The number of hydrogen-bond acceptors (Lipinski definition) is 4. The zero-order valence-corrected chi connectivity index (χ0v) is 10.4. The molecular formula is C11H11F2NO4S. The molecule has 104 valence electrons. The van der Waals surface area contributed by atoms with Crippen molar-refractivity contribution in [3.63, 3.8) is 0 Å². The maximum Gasteiger partial charge on any atom is 0.328 e. The molecule has 1 amide bonds. The number of carbonyl (C=O) groups is 2. The number of aliphatic hydroxyl groups is 1. The van der Waals surface area contributed by atoms with Crippen LogP contribution in [0.15, 0.2) is 23.1 Å². The second-order valence-corrected chi connectivity index (χ2v) is 4.55. The van der Waals surface area contributed by atoms with Crippen molar-refractivity contribution < 1.29 is 28.6 Å². The highest BCUT2D eigenvalue weighted by Gasteiger charge is 2.18. The molecule has 0 spiro atoms. The predicted octanol–water partition coefficient (Wildman–Crippen LogP) is 0.619. The van der Waals surface area contributed by atoms with Gasteiger partial charge < -0.3 is 15.5 Å². The summed E-state index contributed by atoms with van der Waals surface area (Å²) in [6, 6.07) is 1.80. The van der Waals surface area contributed by atoms with Crippen LogP contribution in [0.25, 0.3) is 0 Å². The van der Waals surface area contributed by atoms with E-state index >= 15 is 0 Å². The Balaban J connectivity index is 2.49. The van der Waals surface area contributed by atoms with Gasteiger partial charge in [0, 0.05) is 4.90 Å². The first-order chi connectivity index (χ1) is 8.93. The highest BCUT2D eigenvalue weighted by Crippen LogP contribution is 2.20. The second kappa shape index (κ2) is 7.05. The monoisotopic (exact) mass is 291 g/mol. The largest absolute Gasteiger partial charge is 0.480 e. The van der Waals surface area contributed by atoms with Gasteiger partial charge in [0.15, 0.2) is 11.6 Å². The number of carbonyl (C=O) groups excluding carboxylic acids is 1. The number of amides is 1. The third-order valence-corrected chi connectivity index (χ3v) is 3.07. The van der Waals surface area contributed by atoms with E-state index in [1.165, 1.54) is 6.07 Å². The molecule has 5 nitrogen and oxygen atoms in total. The Bertz CT molecular complexity index is 484. The number of halogens is 2. The number of carboxylic acids is 1. The normalized spacial score (nSPS) is 11.9. The van der Waals surface area contributed by atoms with Gasteiger partial charge in [-0.15, -0.1) is 11.8 Å². The van der Waals surface area contributed by atoms with Crippen LogP contribution in [0, 0.1) is 11.6 Å². The summed E-state index contributed by atoms with van der Waals surface area (Å²) in [4.78, 5) is 22.3. The molecule has 19 heavy (non-hydrogen) atoms. The molecule has 0 aromatic heterocycles. The fraction of sp³-hybridized carbons (Fsp3) is 0.273. The first kappa shape index (κ1) is 15.4. The summed E-state index contributed by atoms with van der Waals surface area (Å²) in [6.07, 6.45) is 0. The number of hydrogen-bond donors (Lipinski definition) is 3. The van der Waals surface area contributed by atoms with Crippen LogP contribution in [0.2, 0.25) is 0 Å². The quantitative estimate of drug-likeness (QED) is 0.669. The summed E-state index contributed by atoms with van der Waals surface area (Å²) < 4.78 is 25.5. The average Bonchev–Trinajstić information content (AvgIpc) is 2.37. The number of nitrogens with one attached hydrogen (secondary N) is 1. The van der Waals surface area contributed by atoms with Crippen molar-refractivity contribution in [1.29, 1.82) is 0 Å². The molecule has 0 fully saturated rings. The lowest BCUT2D eigenvalue weighted by molar-refractivity contribution is -0.142. The molecule has 1 aromatic carbocycles. The summed E-state index contributed by atoms with van der Waals surface area (Å²) in [7, 11) is 0. The van der Waals surface area contributed by atoms with Crippen molar-refractivity contribution in [1.82, 2.24) is 5.32 Å². The molecule has 0 saturated carbocycles. The van der Waals surface area contributed by atoms with Crippen molar-refractivity contribution >= 4 is 23.6 Å². The van der Waals surface area contributed by atoms with E-state index in [0.29, 0.717) is 4.90 Å². The Kier molecular flexibility index (Phi) is 5.71. The van der Waals surface area contributed by atoms with Crippen LogP contribution >= 0.6 is 11.8 Å². The van der Waals surface area contributed by atoms with E-state index in [1.54, 1.807) is 0 Å². The van der Waals surface area contributed by atoms with Gasteiger partial charge in [-0.2, -0.15) is 0 Å². The molecule has 0 heterocycles. The minimum Gasteiger partial charge on any atom is -0.480 e. The zero-order chi connectivity index (χ0) is 14.4. The Morgan fingerprint density at radius 2 is 2.00 bits per heavy atom. The van der Waals surface area contributed by atoms with Crippen LogP contribution < -0.4 is 5.32 Å². The second-order valence-electron chi connectivity index (χ2n) is 3.51. The highest BCUT2D eigenvalue weighted by atomic mass is 32.2. The van der Waals surface area contributed by atoms with Crippen LogP contribution in [0.3, 0.4) is 0 Å². The summed E-state index contributed by atoms with van der Waals surface area (Å²) in [5, 5.41) is 19.4. The molecule has 0 unspecified atom stereocenters. The van der Waals surface area contributed by atoms with Crippen molar-refractivity contribution in [3.8, 4) is 0 Å². The van der Waals surface area contributed by atoms with Crippen LogP contribution in [0.4, 0.5) is 8.78 Å². The molecule has 0 saturated heterocycles. The first-order valence-corrected chi connectivity index (χ1v) is 6.13. The number of rotatable bonds is 6. The summed E-state index contributed by atoms with van der Waals surface area (Å²) in [5.74, 6) is -4.16. The number of benzene rings is 1. The maximum absolute atomic E-state index is 12.9. The summed E-state index contributed by atoms with van der Waals surface area (Å²) in [6.45, 7) is -0.725. The molecule has 1 atom stereocenters. The van der Waals surface area contributed by atoms with Gasteiger partial charge in [0.25, 0.3) is 0 Å². The average molecular weight is 291 g/mol. The fourth-order valence-corrected chi connectivity index (χ4v) is 1.87. The summed E-state index contributed by atoms with van der Waals surface area (Å²) in [5.41, 5.74) is 0. The van der Waals surface area contributed by atoms with E-state index in [-0.39, 0.29) is 5.75 Å². The molecule has 0 radical (unpaired) electrons. The van der Waals surface area contributed by atoms with Gasteiger partial charge in [-0.1, -0.05) is 0 Å². The molecule has 0 aliphatic carbocycles. The lowest BCUT2D eigenvalue weighted by Crippen LogP contribution is -2.44.